The predicted molar refractivity (Wildman–Crippen MR) is 158 cm³/mol. The Morgan fingerprint density at radius 2 is 1.34 bits per heavy atom. The van der Waals surface area contributed by atoms with E-state index in [1.165, 1.54) is 5.56 Å². The van der Waals surface area contributed by atoms with E-state index in [1.807, 2.05) is 68.1 Å². The van der Waals surface area contributed by atoms with Crippen LogP contribution >= 0.6 is 0 Å². The van der Waals surface area contributed by atoms with Gasteiger partial charge in [-0.2, -0.15) is 0 Å². The van der Waals surface area contributed by atoms with E-state index in [0.29, 0.717) is 6.54 Å². The van der Waals surface area contributed by atoms with Gasteiger partial charge < -0.3 is 14.4 Å². The zero-order valence-corrected chi connectivity index (χ0v) is 24.6. The fourth-order valence-corrected chi connectivity index (χ4v) is 9.92. The van der Waals surface area contributed by atoms with Crippen LogP contribution in [0.5, 0.6) is 0 Å². The molecule has 1 fully saturated rings. The van der Waals surface area contributed by atoms with Crippen molar-refractivity contribution < 1.29 is 14.3 Å². The van der Waals surface area contributed by atoms with Crippen LogP contribution in [-0.2, 0) is 11.2 Å². The van der Waals surface area contributed by atoms with Gasteiger partial charge in [-0.1, -0.05) is 105 Å². The Morgan fingerprint density at radius 3 is 1.84 bits per heavy atom. The highest BCUT2D eigenvalue weighted by molar-refractivity contribution is 6.98. The molecule has 0 aliphatic carbocycles. The number of hydrogen-bond acceptors (Lipinski definition) is 3. The molecule has 3 aromatic rings. The van der Waals surface area contributed by atoms with Crippen molar-refractivity contribution >= 4 is 24.8 Å². The highest BCUT2D eigenvalue weighted by atomic mass is 28.4. The number of nitrogens with zero attached hydrogens (tertiary/aromatic N) is 1. The molecule has 4 nitrogen and oxygen atoms in total. The van der Waals surface area contributed by atoms with Gasteiger partial charge in [-0.05, 0) is 73.3 Å². The molecular formula is C33H43NO3Si. The van der Waals surface area contributed by atoms with E-state index in [9.17, 15) is 9.59 Å². The summed E-state index contributed by atoms with van der Waals surface area (Å²) in [5, 5.41) is 1.70. The molecule has 0 spiro atoms. The molecule has 1 aliphatic heterocycles. The lowest BCUT2D eigenvalue weighted by molar-refractivity contribution is 0.00155. The summed E-state index contributed by atoms with van der Waals surface area (Å²) in [5.41, 5.74) is 0.689. The molecule has 1 amide bonds. The molecule has 1 saturated heterocycles. The van der Waals surface area contributed by atoms with Gasteiger partial charge in [-0.25, -0.2) is 4.79 Å². The Balaban J connectivity index is 1.60. The lowest BCUT2D eigenvalue weighted by Gasteiger charge is -2.46. The molecule has 5 heteroatoms. The van der Waals surface area contributed by atoms with Gasteiger partial charge in [-0.15, -0.1) is 0 Å². The lowest BCUT2D eigenvalue weighted by atomic mass is 9.84. The van der Waals surface area contributed by atoms with Crippen LogP contribution in [0.4, 0.5) is 4.79 Å². The highest BCUT2D eigenvalue weighted by Crippen LogP contribution is 2.44. The van der Waals surface area contributed by atoms with E-state index < -0.39 is 13.9 Å². The third-order valence-electron chi connectivity index (χ3n) is 7.91. The van der Waals surface area contributed by atoms with Crippen LogP contribution in [0.3, 0.4) is 0 Å². The van der Waals surface area contributed by atoms with E-state index in [2.05, 4.69) is 62.4 Å². The normalized spacial score (nSPS) is 18.7. The molecular weight excluding hydrogens is 486 g/mol. The molecule has 3 aromatic carbocycles. The molecule has 0 saturated carbocycles. The van der Waals surface area contributed by atoms with Crippen molar-refractivity contribution in [2.75, 3.05) is 6.54 Å². The van der Waals surface area contributed by atoms with E-state index >= 15 is 0 Å². The second-order valence-electron chi connectivity index (χ2n) is 12.5. The number of hydrogen-bond donors (Lipinski definition) is 1. The Bertz CT molecular complexity index is 1140. The topological polar surface area (TPSA) is 49.8 Å². The highest BCUT2D eigenvalue weighted by Gasteiger charge is 2.51. The second kappa shape index (κ2) is 11.5. The van der Waals surface area contributed by atoms with Crippen LogP contribution in [0.25, 0.3) is 0 Å². The average molecular weight is 530 g/mol. The minimum Gasteiger partial charge on any atom is -0.444 e. The van der Waals surface area contributed by atoms with E-state index in [-0.39, 0.29) is 23.1 Å². The third kappa shape index (κ3) is 6.39. The van der Waals surface area contributed by atoms with Crippen molar-refractivity contribution in [2.24, 2.45) is 5.92 Å². The van der Waals surface area contributed by atoms with Crippen LogP contribution in [0.2, 0.25) is 5.04 Å². The Hall–Kier alpha value is -2.89. The van der Waals surface area contributed by atoms with Crippen LogP contribution in [-0.4, -0.2) is 42.3 Å². The van der Waals surface area contributed by atoms with Crippen molar-refractivity contribution in [1.82, 2.24) is 4.90 Å². The average Bonchev–Trinajstić information content (AvgIpc) is 2.89. The Labute approximate surface area is 229 Å². The SMILES string of the molecule is CC(C)(C)OC(=O)N1C[C@@H](CC(C)(C)[Si](O)(c2ccccc2)c2ccccc2)CC[C@@H]1Cc1ccccc1. The molecule has 1 N–H and O–H groups in total. The van der Waals surface area contributed by atoms with Crippen LogP contribution in [0, 0.1) is 5.92 Å². The summed E-state index contributed by atoms with van der Waals surface area (Å²) in [6.07, 6.45) is 3.36. The molecule has 4 rings (SSSR count). The summed E-state index contributed by atoms with van der Waals surface area (Å²) < 4.78 is 5.88. The first-order valence-corrected chi connectivity index (χ1v) is 15.8. The number of ether oxygens (including phenoxy) is 1. The van der Waals surface area contributed by atoms with Crippen molar-refractivity contribution in [2.45, 2.75) is 77.0 Å². The molecule has 0 bridgehead atoms. The maximum Gasteiger partial charge on any atom is 0.410 e. The van der Waals surface area contributed by atoms with E-state index in [4.69, 9.17) is 4.74 Å². The number of carbonyl (C=O) groups excluding carboxylic acids is 1. The maximum absolute atomic E-state index is 13.4. The minimum absolute atomic E-state index is 0.103. The molecule has 0 radical (unpaired) electrons. The van der Waals surface area contributed by atoms with Gasteiger partial charge in [0, 0.05) is 12.6 Å². The van der Waals surface area contributed by atoms with Gasteiger partial charge in [-0.3, -0.25) is 0 Å². The molecule has 0 unspecified atom stereocenters. The standard InChI is InChI=1S/C33H43NO3Si/c1-32(2,3)37-31(35)34-25-27(21-22-28(34)23-26-15-9-6-10-16-26)24-33(4,5)38(36,29-17-11-7-12-18-29)30-19-13-8-14-20-30/h6-20,27-28,36H,21-25H2,1-5H3/t27-,28-/m1/s1. The van der Waals surface area contributed by atoms with Crippen LogP contribution in [0.15, 0.2) is 91.0 Å². The monoisotopic (exact) mass is 529 g/mol. The molecule has 1 aliphatic rings. The molecule has 38 heavy (non-hydrogen) atoms. The van der Waals surface area contributed by atoms with Crippen molar-refractivity contribution in [3.05, 3.63) is 96.6 Å². The molecule has 202 valence electrons. The first-order chi connectivity index (χ1) is 18.0. The lowest BCUT2D eigenvalue weighted by Crippen LogP contribution is -2.66. The van der Waals surface area contributed by atoms with Crippen molar-refractivity contribution in [3.63, 3.8) is 0 Å². The quantitative estimate of drug-likeness (QED) is 0.373. The zero-order valence-electron chi connectivity index (χ0n) is 23.6. The molecule has 2 atom stereocenters. The van der Waals surface area contributed by atoms with Gasteiger partial charge in [0.15, 0.2) is 0 Å². The summed E-state index contributed by atoms with van der Waals surface area (Å²) in [4.78, 5) is 28.0. The summed E-state index contributed by atoms with van der Waals surface area (Å²) in [6, 6.07) is 30.9. The Kier molecular flexibility index (Phi) is 8.48. The van der Waals surface area contributed by atoms with Crippen molar-refractivity contribution in [3.8, 4) is 0 Å². The van der Waals surface area contributed by atoms with E-state index in [0.717, 1.165) is 36.1 Å². The van der Waals surface area contributed by atoms with Gasteiger partial charge in [0.05, 0.1) is 0 Å². The Morgan fingerprint density at radius 1 is 0.842 bits per heavy atom. The number of benzene rings is 3. The summed E-state index contributed by atoms with van der Waals surface area (Å²) in [5.74, 6) is 0.274. The molecule has 1 heterocycles. The van der Waals surface area contributed by atoms with Crippen LogP contribution in [0.1, 0.15) is 59.4 Å². The molecule has 0 aromatic heterocycles. The van der Waals surface area contributed by atoms with Gasteiger partial charge in [0.1, 0.15) is 5.60 Å². The number of likely N-dealkylation sites (tertiary alicyclic amines) is 1. The largest absolute Gasteiger partial charge is 0.444 e. The van der Waals surface area contributed by atoms with Gasteiger partial charge >= 0.3 is 6.09 Å². The maximum atomic E-state index is 13.4. The minimum atomic E-state index is -3.11. The first-order valence-electron chi connectivity index (χ1n) is 13.9. The summed E-state index contributed by atoms with van der Waals surface area (Å²) in [6.45, 7) is 10.8. The summed E-state index contributed by atoms with van der Waals surface area (Å²) >= 11 is 0. The number of piperidine rings is 1. The predicted octanol–water partition coefficient (Wildman–Crippen LogP) is 6.17. The zero-order chi connectivity index (χ0) is 27.4. The van der Waals surface area contributed by atoms with Crippen LogP contribution < -0.4 is 10.4 Å². The fourth-order valence-electron chi connectivity index (χ4n) is 6.09. The third-order valence-corrected chi connectivity index (χ3v) is 12.4. The van der Waals surface area contributed by atoms with Crippen molar-refractivity contribution in [1.29, 1.82) is 0 Å². The van der Waals surface area contributed by atoms with E-state index in [1.54, 1.807) is 0 Å². The second-order valence-corrected chi connectivity index (χ2v) is 16.4. The van der Waals surface area contributed by atoms with Gasteiger partial charge in [0.2, 0.25) is 0 Å². The number of amides is 1. The van der Waals surface area contributed by atoms with Gasteiger partial charge in [0.25, 0.3) is 8.32 Å². The summed E-state index contributed by atoms with van der Waals surface area (Å²) in [7, 11) is -3.11. The number of rotatable bonds is 7. The fraction of sp³-hybridized carbons (Fsp3) is 0.424. The first kappa shape index (κ1) is 28.1. The number of carbonyl (C=O) groups is 1. The smallest absolute Gasteiger partial charge is 0.410 e.